The van der Waals surface area contributed by atoms with Gasteiger partial charge in [-0.05, 0) is 24.6 Å². The van der Waals surface area contributed by atoms with Crippen molar-refractivity contribution in [3.8, 4) is 22.8 Å². The third-order valence-corrected chi connectivity index (χ3v) is 2.62. The zero-order valence-corrected chi connectivity index (χ0v) is 10.4. The van der Waals surface area contributed by atoms with Crippen molar-refractivity contribution in [2.45, 2.75) is 6.92 Å². The molecule has 0 saturated heterocycles. The molecule has 19 heavy (non-hydrogen) atoms. The highest BCUT2D eigenvalue weighted by molar-refractivity contribution is 5.62. The standard InChI is InChI=1S/C14H11N5/c1-10-6-11(13-8-15-2-4-17-13)19-12(7-10)14-9-16-3-5-18-14/h2-9H,1H3. The third-order valence-electron chi connectivity index (χ3n) is 2.62. The van der Waals surface area contributed by atoms with Crippen molar-refractivity contribution in [1.82, 2.24) is 24.9 Å². The van der Waals surface area contributed by atoms with Crippen LogP contribution in [0.15, 0.2) is 49.3 Å². The largest absolute Gasteiger partial charge is 0.261 e. The lowest BCUT2D eigenvalue weighted by molar-refractivity contribution is 1.14. The van der Waals surface area contributed by atoms with Crippen LogP contribution in [0.1, 0.15) is 5.56 Å². The second-order valence-corrected chi connectivity index (χ2v) is 4.10. The predicted octanol–water partition coefficient (Wildman–Crippen LogP) is 2.30. The average molecular weight is 249 g/mol. The number of nitrogens with zero attached hydrogens (tertiary/aromatic N) is 5. The zero-order valence-electron chi connectivity index (χ0n) is 10.4. The predicted molar refractivity (Wildman–Crippen MR) is 71.0 cm³/mol. The van der Waals surface area contributed by atoms with E-state index in [9.17, 15) is 0 Å². The third kappa shape index (κ3) is 2.44. The molecule has 0 amide bonds. The van der Waals surface area contributed by atoms with Gasteiger partial charge in [-0.3, -0.25) is 19.9 Å². The second kappa shape index (κ2) is 4.89. The molecule has 0 aliphatic carbocycles. The number of pyridine rings is 1. The second-order valence-electron chi connectivity index (χ2n) is 4.10. The first kappa shape index (κ1) is 11.4. The minimum Gasteiger partial charge on any atom is -0.261 e. The zero-order chi connectivity index (χ0) is 13.1. The quantitative estimate of drug-likeness (QED) is 0.697. The summed E-state index contributed by atoms with van der Waals surface area (Å²) in [7, 11) is 0. The Morgan fingerprint density at radius 2 is 1.21 bits per heavy atom. The summed E-state index contributed by atoms with van der Waals surface area (Å²) in [5, 5.41) is 0. The van der Waals surface area contributed by atoms with Gasteiger partial charge in [0.2, 0.25) is 0 Å². The molecule has 0 N–H and O–H groups in total. The molecule has 0 bridgehead atoms. The fourth-order valence-electron chi connectivity index (χ4n) is 1.79. The molecule has 3 aromatic heterocycles. The summed E-state index contributed by atoms with van der Waals surface area (Å²) in [4.78, 5) is 21.2. The van der Waals surface area contributed by atoms with E-state index >= 15 is 0 Å². The Balaban J connectivity index is 2.12. The van der Waals surface area contributed by atoms with Crippen molar-refractivity contribution in [2.75, 3.05) is 0 Å². The molecule has 3 aromatic rings. The summed E-state index contributed by atoms with van der Waals surface area (Å²) in [6.07, 6.45) is 9.99. The lowest BCUT2D eigenvalue weighted by Gasteiger charge is -2.05. The van der Waals surface area contributed by atoms with Crippen LogP contribution in [0.5, 0.6) is 0 Å². The number of rotatable bonds is 2. The molecule has 0 atom stereocenters. The van der Waals surface area contributed by atoms with Crippen LogP contribution >= 0.6 is 0 Å². The molecule has 0 saturated carbocycles. The molecule has 0 aromatic carbocycles. The molecule has 0 unspecified atom stereocenters. The highest BCUT2D eigenvalue weighted by Gasteiger charge is 2.07. The van der Waals surface area contributed by atoms with Crippen molar-refractivity contribution in [2.24, 2.45) is 0 Å². The number of hydrogen-bond donors (Lipinski definition) is 0. The first-order valence-electron chi connectivity index (χ1n) is 5.84. The Kier molecular flexibility index (Phi) is 2.94. The fourth-order valence-corrected chi connectivity index (χ4v) is 1.79. The van der Waals surface area contributed by atoms with E-state index < -0.39 is 0 Å². The average Bonchev–Trinajstić information content (AvgIpc) is 2.48. The van der Waals surface area contributed by atoms with Crippen molar-refractivity contribution in [1.29, 1.82) is 0 Å². The van der Waals surface area contributed by atoms with Gasteiger partial charge in [-0.1, -0.05) is 0 Å². The Bertz CT molecular complexity index is 625. The first-order chi connectivity index (χ1) is 9.33. The Labute approximate surface area is 110 Å². The normalized spacial score (nSPS) is 10.4. The summed E-state index contributed by atoms with van der Waals surface area (Å²) in [5.74, 6) is 0. The molecule has 0 radical (unpaired) electrons. The molecule has 0 aliphatic heterocycles. The summed E-state index contributed by atoms with van der Waals surface area (Å²) in [6.45, 7) is 2.02. The van der Waals surface area contributed by atoms with Crippen molar-refractivity contribution in [3.05, 3.63) is 54.9 Å². The summed E-state index contributed by atoms with van der Waals surface area (Å²) < 4.78 is 0. The molecule has 0 fully saturated rings. The maximum atomic E-state index is 4.57. The first-order valence-corrected chi connectivity index (χ1v) is 5.84. The lowest BCUT2D eigenvalue weighted by atomic mass is 10.1. The molecule has 0 aliphatic rings. The van der Waals surface area contributed by atoms with Gasteiger partial charge >= 0.3 is 0 Å². The molecule has 5 heteroatoms. The van der Waals surface area contributed by atoms with E-state index in [1.807, 2.05) is 19.1 Å². The maximum absolute atomic E-state index is 4.57. The van der Waals surface area contributed by atoms with E-state index in [1.54, 1.807) is 37.2 Å². The molecule has 3 heterocycles. The summed E-state index contributed by atoms with van der Waals surface area (Å²) in [6, 6.07) is 3.95. The minimum absolute atomic E-state index is 0.747. The van der Waals surface area contributed by atoms with Crippen LogP contribution in [0.4, 0.5) is 0 Å². The van der Waals surface area contributed by atoms with Gasteiger partial charge in [-0.2, -0.15) is 0 Å². The lowest BCUT2D eigenvalue weighted by Crippen LogP contribution is -1.94. The van der Waals surface area contributed by atoms with E-state index in [1.165, 1.54) is 0 Å². The molecule has 5 nitrogen and oxygen atoms in total. The van der Waals surface area contributed by atoms with E-state index in [2.05, 4.69) is 24.9 Å². The monoisotopic (exact) mass is 249 g/mol. The van der Waals surface area contributed by atoms with Crippen LogP contribution in [0.3, 0.4) is 0 Å². The molecular formula is C14H11N5. The minimum atomic E-state index is 0.747. The van der Waals surface area contributed by atoms with Gasteiger partial charge in [0.05, 0.1) is 23.8 Å². The van der Waals surface area contributed by atoms with E-state index in [4.69, 9.17) is 0 Å². The highest BCUT2D eigenvalue weighted by Crippen LogP contribution is 2.20. The number of hydrogen-bond acceptors (Lipinski definition) is 5. The van der Waals surface area contributed by atoms with Crippen molar-refractivity contribution in [3.63, 3.8) is 0 Å². The van der Waals surface area contributed by atoms with Gasteiger partial charge in [0.15, 0.2) is 0 Å². The SMILES string of the molecule is Cc1cc(-c2cnccn2)nc(-c2cnccn2)c1. The van der Waals surface area contributed by atoms with Crippen LogP contribution < -0.4 is 0 Å². The van der Waals surface area contributed by atoms with Crippen LogP contribution in [0.25, 0.3) is 22.8 Å². The smallest absolute Gasteiger partial charge is 0.107 e. The summed E-state index contributed by atoms with van der Waals surface area (Å²) >= 11 is 0. The van der Waals surface area contributed by atoms with Gasteiger partial charge in [0.25, 0.3) is 0 Å². The van der Waals surface area contributed by atoms with Gasteiger partial charge in [0, 0.05) is 24.8 Å². The Hall–Kier alpha value is -2.69. The van der Waals surface area contributed by atoms with Crippen molar-refractivity contribution < 1.29 is 0 Å². The van der Waals surface area contributed by atoms with Gasteiger partial charge in [-0.25, -0.2) is 4.98 Å². The Morgan fingerprint density at radius 3 is 1.63 bits per heavy atom. The van der Waals surface area contributed by atoms with E-state index in [0.717, 1.165) is 28.3 Å². The fraction of sp³-hybridized carbons (Fsp3) is 0.0714. The maximum Gasteiger partial charge on any atom is 0.107 e. The summed E-state index contributed by atoms with van der Waals surface area (Å²) in [5.41, 5.74) is 4.16. The van der Waals surface area contributed by atoms with E-state index in [0.29, 0.717) is 0 Å². The molecule has 92 valence electrons. The van der Waals surface area contributed by atoms with Crippen molar-refractivity contribution >= 4 is 0 Å². The van der Waals surface area contributed by atoms with E-state index in [-0.39, 0.29) is 0 Å². The van der Waals surface area contributed by atoms with Crippen LogP contribution in [-0.2, 0) is 0 Å². The molecule has 3 rings (SSSR count). The van der Waals surface area contributed by atoms with Crippen LogP contribution in [0.2, 0.25) is 0 Å². The van der Waals surface area contributed by atoms with Gasteiger partial charge in [0.1, 0.15) is 11.4 Å². The van der Waals surface area contributed by atoms with Crippen LogP contribution in [-0.4, -0.2) is 24.9 Å². The van der Waals surface area contributed by atoms with Crippen LogP contribution in [0, 0.1) is 6.92 Å². The van der Waals surface area contributed by atoms with Gasteiger partial charge in [-0.15, -0.1) is 0 Å². The van der Waals surface area contributed by atoms with Gasteiger partial charge < -0.3 is 0 Å². The Morgan fingerprint density at radius 1 is 0.684 bits per heavy atom. The number of aryl methyl sites for hydroxylation is 1. The molecular weight excluding hydrogens is 238 g/mol. The highest BCUT2D eigenvalue weighted by atomic mass is 14.8. The molecule has 0 spiro atoms. The topological polar surface area (TPSA) is 64.5 Å². The number of aromatic nitrogens is 5.